The number of amides is 1. The molecule has 0 aliphatic heterocycles. The van der Waals surface area contributed by atoms with Gasteiger partial charge in [-0.1, -0.05) is 29.0 Å². The van der Waals surface area contributed by atoms with Gasteiger partial charge in [0.2, 0.25) is 5.95 Å². The highest BCUT2D eigenvalue weighted by atomic mass is 35.5. The van der Waals surface area contributed by atoms with Gasteiger partial charge in [0.05, 0.1) is 25.2 Å². The largest absolute Gasteiger partial charge is 0.357 e. The first-order valence-corrected chi connectivity index (χ1v) is 10.8. The van der Waals surface area contributed by atoms with Crippen LogP contribution in [0.25, 0.3) is 20.8 Å². The molecule has 3 N–H and O–H groups in total. The summed E-state index contributed by atoms with van der Waals surface area (Å²) in [6.07, 6.45) is 1.68. The number of carbonyl (C=O) groups excluding carboxylic acids is 1. The number of rotatable bonds is 6. The zero-order valence-electron chi connectivity index (χ0n) is 15.4. The van der Waals surface area contributed by atoms with Crippen LogP contribution in [0.3, 0.4) is 0 Å². The minimum Gasteiger partial charge on any atom is -0.357 e. The molecule has 3 aromatic heterocycles. The van der Waals surface area contributed by atoms with E-state index in [2.05, 4.69) is 20.3 Å². The van der Waals surface area contributed by atoms with E-state index in [1.54, 1.807) is 30.3 Å². The number of fused-ring (bicyclic) bond motifs is 1. The Morgan fingerprint density at radius 3 is 2.83 bits per heavy atom. The van der Waals surface area contributed by atoms with Crippen LogP contribution in [0.15, 0.2) is 42.6 Å². The molecule has 148 valence electrons. The molecule has 0 bridgehead atoms. The minimum atomic E-state index is -0.148. The summed E-state index contributed by atoms with van der Waals surface area (Å²) < 4.78 is 0.926. The van der Waals surface area contributed by atoms with E-state index in [-0.39, 0.29) is 5.91 Å². The number of hydrogen-bond donors (Lipinski definition) is 2. The van der Waals surface area contributed by atoms with Crippen LogP contribution < -0.4 is 16.0 Å². The third-order valence-electron chi connectivity index (χ3n) is 4.14. The molecule has 29 heavy (non-hydrogen) atoms. The van der Waals surface area contributed by atoms with Crippen molar-refractivity contribution >= 4 is 61.5 Å². The second-order valence-corrected chi connectivity index (χ2v) is 8.51. The number of carbonyl (C=O) groups is 1. The zero-order chi connectivity index (χ0) is 20.4. The first-order chi connectivity index (χ1) is 14.1. The van der Waals surface area contributed by atoms with Crippen molar-refractivity contribution in [2.45, 2.75) is 0 Å². The molecule has 1 aromatic carbocycles. The van der Waals surface area contributed by atoms with E-state index in [4.69, 9.17) is 17.3 Å². The highest BCUT2D eigenvalue weighted by Gasteiger charge is 2.23. The SMILES string of the molecule is CNc1nccc(-c2ccc(C(=O)N(CCN)c3nc4c(Cl)cccc4s3)s2)n1. The number of aromatic nitrogens is 3. The molecular weight excluding hydrogens is 428 g/mol. The second-order valence-electron chi connectivity index (χ2n) is 6.01. The second kappa shape index (κ2) is 8.42. The molecular formula is C19H17ClN6OS2. The van der Waals surface area contributed by atoms with Gasteiger partial charge in [-0.3, -0.25) is 9.69 Å². The van der Waals surface area contributed by atoms with Crippen molar-refractivity contribution in [2.75, 3.05) is 30.4 Å². The summed E-state index contributed by atoms with van der Waals surface area (Å²) in [6.45, 7) is 0.686. The topological polar surface area (TPSA) is 97.0 Å². The lowest BCUT2D eigenvalue weighted by atomic mass is 10.3. The highest BCUT2D eigenvalue weighted by molar-refractivity contribution is 7.22. The lowest BCUT2D eigenvalue weighted by Gasteiger charge is -2.17. The van der Waals surface area contributed by atoms with Crippen LogP contribution >= 0.6 is 34.3 Å². The summed E-state index contributed by atoms with van der Waals surface area (Å²) in [4.78, 5) is 29.4. The van der Waals surface area contributed by atoms with Crippen LogP contribution in [0.1, 0.15) is 9.67 Å². The minimum absolute atomic E-state index is 0.148. The van der Waals surface area contributed by atoms with E-state index in [9.17, 15) is 4.79 Å². The summed E-state index contributed by atoms with van der Waals surface area (Å²) >= 11 is 9.04. The molecule has 4 rings (SSSR count). The first kappa shape index (κ1) is 19.7. The lowest BCUT2D eigenvalue weighted by Crippen LogP contribution is -2.34. The van der Waals surface area contributed by atoms with Gasteiger partial charge >= 0.3 is 0 Å². The van der Waals surface area contributed by atoms with Crippen LogP contribution in [0.2, 0.25) is 5.02 Å². The number of nitrogens with two attached hydrogens (primary N) is 1. The lowest BCUT2D eigenvalue weighted by molar-refractivity contribution is 0.0991. The number of hydrogen-bond acceptors (Lipinski definition) is 8. The maximum absolute atomic E-state index is 13.2. The number of anilines is 2. The molecule has 4 aromatic rings. The van der Waals surface area contributed by atoms with E-state index in [1.165, 1.54) is 22.7 Å². The smallest absolute Gasteiger partial charge is 0.270 e. The first-order valence-electron chi connectivity index (χ1n) is 8.78. The zero-order valence-corrected chi connectivity index (χ0v) is 17.8. The predicted molar refractivity (Wildman–Crippen MR) is 120 cm³/mol. The van der Waals surface area contributed by atoms with Crippen molar-refractivity contribution in [1.29, 1.82) is 0 Å². The van der Waals surface area contributed by atoms with Crippen molar-refractivity contribution in [1.82, 2.24) is 15.0 Å². The third kappa shape index (κ3) is 3.95. The van der Waals surface area contributed by atoms with E-state index >= 15 is 0 Å². The molecule has 0 saturated heterocycles. The summed E-state index contributed by atoms with van der Waals surface area (Å²) in [5, 5.41) is 4.06. The third-order valence-corrected chi connectivity index (χ3v) is 6.58. The molecule has 1 amide bonds. The number of nitrogens with one attached hydrogen (secondary N) is 1. The molecule has 0 radical (unpaired) electrons. The van der Waals surface area contributed by atoms with E-state index in [0.29, 0.717) is 39.6 Å². The monoisotopic (exact) mass is 444 g/mol. The predicted octanol–water partition coefficient (Wildman–Crippen LogP) is 4.12. The fourth-order valence-corrected chi connectivity index (χ4v) is 4.99. The molecule has 10 heteroatoms. The summed E-state index contributed by atoms with van der Waals surface area (Å²) in [7, 11) is 1.76. The number of thiophene rings is 1. The van der Waals surface area contributed by atoms with Gasteiger partial charge in [-0.25, -0.2) is 15.0 Å². The van der Waals surface area contributed by atoms with Crippen LogP contribution in [0.4, 0.5) is 11.1 Å². The Labute approximate surface area is 180 Å². The van der Waals surface area contributed by atoms with Crippen molar-refractivity contribution < 1.29 is 4.79 Å². The number of thiazole rings is 1. The maximum Gasteiger partial charge on any atom is 0.270 e. The van der Waals surface area contributed by atoms with Gasteiger partial charge in [0, 0.05) is 26.3 Å². The van der Waals surface area contributed by atoms with Crippen molar-refractivity contribution in [2.24, 2.45) is 5.73 Å². The summed E-state index contributed by atoms with van der Waals surface area (Å²) in [6, 6.07) is 11.1. The van der Waals surface area contributed by atoms with E-state index in [1.807, 2.05) is 24.3 Å². The van der Waals surface area contributed by atoms with Gasteiger partial charge in [0.1, 0.15) is 5.52 Å². The molecule has 0 fully saturated rings. The van der Waals surface area contributed by atoms with Crippen LogP contribution in [0, 0.1) is 0 Å². The maximum atomic E-state index is 13.2. The number of halogens is 1. The van der Waals surface area contributed by atoms with Gasteiger partial charge in [0.15, 0.2) is 5.13 Å². The fourth-order valence-electron chi connectivity index (χ4n) is 2.77. The Balaban J connectivity index is 1.67. The Kier molecular flexibility index (Phi) is 5.72. The quantitative estimate of drug-likeness (QED) is 0.464. The molecule has 7 nitrogen and oxygen atoms in total. The van der Waals surface area contributed by atoms with Crippen molar-refractivity contribution in [3.8, 4) is 10.6 Å². The fraction of sp³-hybridized carbons (Fsp3) is 0.158. The molecule has 0 aliphatic carbocycles. The molecule has 0 spiro atoms. The Hall–Kier alpha value is -2.59. The van der Waals surface area contributed by atoms with Crippen molar-refractivity contribution in [3.05, 3.63) is 52.5 Å². The summed E-state index contributed by atoms with van der Waals surface area (Å²) in [5.41, 5.74) is 7.22. The highest BCUT2D eigenvalue weighted by Crippen LogP contribution is 2.34. The van der Waals surface area contributed by atoms with Crippen LogP contribution in [-0.4, -0.2) is 41.0 Å². The average Bonchev–Trinajstić information content (AvgIpc) is 3.40. The molecule has 0 saturated carbocycles. The van der Waals surface area contributed by atoms with E-state index in [0.717, 1.165) is 15.3 Å². The molecule has 0 atom stereocenters. The van der Waals surface area contributed by atoms with Crippen LogP contribution in [-0.2, 0) is 0 Å². The molecule has 3 heterocycles. The van der Waals surface area contributed by atoms with Gasteiger partial charge in [-0.15, -0.1) is 11.3 Å². The van der Waals surface area contributed by atoms with Gasteiger partial charge in [-0.05, 0) is 30.3 Å². The van der Waals surface area contributed by atoms with Crippen molar-refractivity contribution in [3.63, 3.8) is 0 Å². The summed E-state index contributed by atoms with van der Waals surface area (Å²) in [5.74, 6) is 0.379. The number of nitrogens with zero attached hydrogens (tertiary/aromatic N) is 4. The standard InChI is InChI=1S/C19H17ClN6OS2/c1-22-18-23-9-7-12(24-18)13-5-6-15(28-13)17(27)26(10-8-21)19-25-16-11(20)3-2-4-14(16)29-19/h2-7,9H,8,10,21H2,1H3,(H,22,23,24). The van der Waals surface area contributed by atoms with Crippen LogP contribution in [0.5, 0.6) is 0 Å². The molecule has 0 unspecified atom stereocenters. The Bertz CT molecular complexity index is 1170. The number of benzene rings is 1. The Morgan fingerprint density at radius 1 is 1.21 bits per heavy atom. The van der Waals surface area contributed by atoms with Gasteiger partial charge in [-0.2, -0.15) is 0 Å². The number of para-hydroxylation sites is 1. The van der Waals surface area contributed by atoms with Gasteiger partial charge in [0.25, 0.3) is 5.91 Å². The normalized spacial score (nSPS) is 11.0. The molecule has 0 aliphatic rings. The average molecular weight is 445 g/mol. The van der Waals surface area contributed by atoms with E-state index < -0.39 is 0 Å². The van der Waals surface area contributed by atoms with Gasteiger partial charge < -0.3 is 11.1 Å². The Morgan fingerprint density at radius 2 is 2.07 bits per heavy atom.